The maximum absolute atomic E-state index is 10.7. The van der Waals surface area contributed by atoms with Crippen LogP contribution in [0.3, 0.4) is 0 Å². The molecule has 1 unspecified atom stereocenters. The first kappa shape index (κ1) is 14.8. The van der Waals surface area contributed by atoms with E-state index in [9.17, 15) is 9.90 Å². The van der Waals surface area contributed by atoms with Crippen molar-refractivity contribution in [2.24, 2.45) is 0 Å². The number of carboxylic acids is 1. The van der Waals surface area contributed by atoms with E-state index in [1.807, 2.05) is 5.38 Å². The Morgan fingerprint density at radius 2 is 2.21 bits per heavy atom. The third kappa shape index (κ3) is 4.52. The molecule has 0 N–H and O–H groups in total. The summed E-state index contributed by atoms with van der Waals surface area (Å²) in [5.41, 5.74) is 0. The van der Waals surface area contributed by atoms with Gasteiger partial charge in [0.1, 0.15) is 6.10 Å². The molecule has 1 atom stereocenters. The molecule has 1 heterocycles. The largest absolute Gasteiger partial charge is 1.00 e. The van der Waals surface area contributed by atoms with Crippen LogP contribution < -0.4 is 56.5 Å². The molecule has 3 nitrogen and oxygen atoms in total. The third-order valence-electron chi connectivity index (χ3n) is 1.42. The van der Waals surface area contributed by atoms with Crippen LogP contribution in [-0.2, 0) is 9.53 Å². The molecule has 0 aliphatic carbocycles. The minimum Gasteiger partial charge on any atom is -0.547 e. The molecule has 0 spiro atoms. The van der Waals surface area contributed by atoms with Crippen LogP contribution >= 0.6 is 11.3 Å². The van der Waals surface area contributed by atoms with Gasteiger partial charge in [-0.2, -0.15) is 0 Å². The summed E-state index contributed by atoms with van der Waals surface area (Å²) in [7, 11) is 0. The van der Waals surface area contributed by atoms with E-state index in [1.54, 1.807) is 26.0 Å². The van der Waals surface area contributed by atoms with Crippen molar-refractivity contribution in [3.63, 3.8) is 0 Å². The molecule has 0 aliphatic heterocycles. The van der Waals surface area contributed by atoms with Gasteiger partial charge in [-0.1, -0.05) is 6.07 Å². The molecule has 1 rings (SSSR count). The molecule has 5 heteroatoms. The number of hydrogen-bond donors (Lipinski definition) is 0. The molecule has 0 aliphatic rings. The van der Waals surface area contributed by atoms with Crippen LogP contribution in [0.4, 0.5) is 0 Å². The van der Waals surface area contributed by atoms with Crippen LogP contribution in [-0.4, -0.2) is 12.1 Å². The van der Waals surface area contributed by atoms with Gasteiger partial charge < -0.3 is 14.6 Å². The zero-order valence-electron chi connectivity index (χ0n) is 8.52. The standard InChI is InChI=1S/C9H12O3S.K/c1-6(2)12-8(9(10)11)7-4-3-5-13-7;/h3-6,8H,1-2H3,(H,10,11);/q;+1/p-1. The van der Waals surface area contributed by atoms with Crippen molar-refractivity contribution >= 4 is 17.3 Å². The van der Waals surface area contributed by atoms with Gasteiger partial charge in [0.15, 0.2) is 0 Å². The third-order valence-corrected chi connectivity index (χ3v) is 2.34. The maximum atomic E-state index is 10.7. The fourth-order valence-corrected chi connectivity index (χ4v) is 1.70. The number of aliphatic carboxylic acids is 1. The molecule has 0 saturated heterocycles. The Morgan fingerprint density at radius 1 is 1.57 bits per heavy atom. The number of hydrogen-bond acceptors (Lipinski definition) is 4. The summed E-state index contributed by atoms with van der Waals surface area (Å²) < 4.78 is 5.20. The van der Waals surface area contributed by atoms with Crippen LogP contribution in [0.15, 0.2) is 17.5 Å². The predicted octanol–water partition coefficient (Wildman–Crippen LogP) is -2.03. The Bertz CT molecular complexity index is 272. The van der Waals surface area contributed by atoms with E-state index >= 15 is 0 Å². The fraction of sp³-hybridized carbons (Fsp3) is 0.444. The molecule has 72 valence electrons. The van der Waals surface area contributed by atoms with E-state index in [-0.39, 0.29) is 57.5 Å². The van der Waals surface area contributed by atoms with E-state index in [2.05, 4.69) is 0 Å². The monoisotopic (exact) mass is 238 g/mol. The van der Waals surface area contributed by atoms with Crippen LogP contribution in [0.25, 0.3) is 0 Å². The van der Waals surface area contributed by atoms with E-state index in [0.717, 1.165) is 0 Å². The number of carboxylic acid groups (broad SMARTS) is 1. The molecular weight excluding hydrogens is 227 g/mol. The first-order valence-corrected chi connectivity index (χ1v) is 4.89. The second kappa shape index (κ2) is 7.11. The zero-order valence-corrected chi connectivity index (χ0v) is 12.5. The number of thiophene rings is 1. The fourth-order valence-electron chi connectivity index (χ4n) is 0.951. The molecule has 0 bridgehead atoms. The Kier molecular flexibility index (Phi) is 7.50. The van der Waals surface area contributed by atoms with Gasteiger partial charge in [0.05, 0.1) is 12.1 Å². The van der Waals surface area contributed by atoms with Gasteiger partial charge in [-0.15, -0.1) is 11.3 Å². The van der Waals surface area contributed by atoms with Crippen LogP contribution in [0.5, 0.6) is 0 Å². The van der Waals surface area contributed by atoms with Gasteiger partial charge in [-0.25, -0.2) is 0 Å². The number of carbonyl (C=O) groups is 1. The number of carbonyl (C=O) groups excluding carboxylic acids is 1. The molecule has 0 fully saturated rings. The van der Waals surface area contributed by atoms with Crippen LogP contribution in [0.2, 0.25) is 0 Å². The first-order valence-electron chi connectivity index (χ1n) is 4.01. The second-order valence-corrected chi connectivity index (χ2v) is 3.88. The van der Waals surface area contributed by atoms with Gasteiger partial charge >= 0.3 is 51.4 Å². The Labute approximate surface area is 130 Å². The van der Waals surface area contributed by atoms with Gasteiger partial charge in [0, 0.05) is 4.88 Å². The number of rotatable bonds is 4. The quantitative estimate of drug-likeness (QED) is 0.568. The van der Waals surface area contributed by atoms with Gasteiger partial charge in [-0.3, -0.25) is 0 Å². The first-order chi connectivity index (χ1) is 6.11. The summed E-state index contributed by atoms with van der Waals surface area (Å²) in [4.78, 5) is 11.4. The van der Waals surface area contributed by atoms with Crippen LogP contribution in [0.1, 0.15) is 24.8 Å². The molecule has 14 heavy (non-hydrogen) atoms. The maximum Gasteiger partial charge on any atom is 1.00 e. The van der Waals surface area contributed by atoms with Crippen molar-refractivity contribution < 1.29 is 66.0 Å². The molecule has 0 aromatic carbocycles. The SMILES string of the molecule is CC(C)OC(C(=O)[O-])c1cccs1.[K+]. The van der Waals surface area contributed by atoms with Gasteiger partial charge in [0.2, 0.25) is 0 Å². The smallest absolute Gasteiger partial charge is 0.547 e. The van der Waals surface area contributed by atoms with Gasteiger partial charge in [0.25, 0.3) is 0 Å². The summed E-state index contributed by atoms with van der Waals surface area (Å²) in [6, 6.07) is 3.52. The van der Waals surface area contributed by atoms with Crippen molar-refractivity contribution in [2.45, 2.75) is 26.1 Å². The summed E-state index contributed by atoms with van der Waals surface area (Å²) in [5.74, 6) is -1.18. The summed E-state index contributed by atoms with van der Waals surface area (Å²) in [6.07, 6.45) is -1.05. The van der Waals surface area contributed by atoms with E-state index < -0.39 is 12.1 Å². The van der Waals surface area contributed by atoms with Crippen molar-refractivity contribution in [3.8, 4) is 0 Å². The predicted molar refractivity (Wildman–Crippen MR) is 48.3 cm³/mol. The Hall–Kier alpha value is 0.766. The normalized spacial score (nSPS) is 12.2. The molecule has 0 amide bonds. The van der Waals surface area contributed by atoms with Crippen molar-refractivity contribution in [1.82, 2.24) is 0 Å². The summed E-state index contributed by atoms with van der Waals surface area (Å²) >= 11 is 1.36. The minimum atomic E-state index is -1.18. The summed E-state index contributed by atoms with van der Waals surface area (Å²) in [6.45, 7) is 3.59. The minimum absolute atomic E-state index is 0. The molecule has 1 aromatic rings. The summed E-state index contributed by atoms with van der Waals surface area (Å²) in [5, 5.41) is 12.5. The average molecular weight is 238 g/mol. The average Bonchev–Trinajstić information content (AvgIpc) is 2.50. The van der Waals surface area contributed by atoms with E-state index in [0.29, 0.717) is 4.88 Å². The molecular formula is C9H11KO3S. The second-order valence-electron chi connectivity index (χ2n) is 2.90. The van der Waals surface area contributed by atoms with E-state index in [4.69, 9.17) is 4.74 Å². The van der Waals surface area contributed by atoms with Crippen molar-refractivity contribution in [3.05, 3.63) is 22.4 Å². The van der Waals surface area contributed by atoms with Crippen molar-refractivity contribution in [2.75, 3.05) is 0 Å². The zero-order chi connectivity index (χ0) is 9.84. The molecule has 0 radical (unpaired) electrons. The van der Waals surface area contributed by atoms with Crippen LogP contribution in [0, 0.1) is 0 Å². The number of ether oxygens (including phenoxy) is 1. The van der Waals surface area contributed by atoms with E-state index in [1.165, 1.54) is 11.3 Å². The Morgan fingerprint density at radius 3 is 2.57 bits per heavy atom. The molecule has 0 saturated carbocycles. The Balaban J connectivity index is 0.00000169. The topological polar surface area (TPSA) is 49.4 Å². The van der Waals surface area contributed by atoms with Gasteiger partial charge in [-0.05, 0) is 25.3 Å². The molecule has 1 aromatic heterocycles. The van der Waals surface area contributed by atoms with Crippen molar-refractivity contribution in [1.29, 1.82) is 0 Å².